The molecular weight excluding hydrogens is 314 g/mol. The third-order valence-electron chi connectivity index (χ3n) is 5.42. The van der Waals surface area contributed by atoms with Crippen molar-refractivity contribution in [2.24, 2.45) is 11.7 Å². The van der Waals surface area contributed by atoms with E-state index < -0.39 is 5.54 Å². The average Bonchev–Trinajstić information content (AvgIpc) is 2.97. The van der Waals surface area contributed by atoms with Gasteiger partial charge in [0.1, 0.15) is 0 Å². The summed E-state index contributed by atoms with van der Waals surface area (Å²) >= 11 is 0. The molecule has 0 radical (unpaired) electrons. The molecule has 1 saturated carbocycles. The number of likely N-dealkylation sites (tertiary alicyclic amines) is 1. The second kappa shape index (κ2) is 8.88. The van der Waals surface area contributed by atoms with Crippen molar-refractivity contribution in [3.05, 3.63) is 0 Å². The number of hydrogen-bond donors (Lipinski definition) is 2. The molecular formula is C17H32ClN3O2. The first-order chi connectivity index (χ1) is 10.5. The molecule has 3 N–H and O–H groups in total. The number of rotatable bonds is 5. The number of halogens is 1. The average molecular weight is 346 g/mol. The molecule has 2 amide bonds. The van der Waals surface area contributed by atoms with Gasteiger partial charge in [-0.3, -0.25) is 9.59 Å². The lowest BCUT2D eigenvalue weighted by atomic mass is 9.95. The number of amides is 2. The lowest BCUT2D eigenvalue weighted by molar-refractivity contribution is -0.137. The van der Waals surface area contributed by atoms with Crippen LogP contribution in [0.5, 0.6) is 0 Å². The summed E-state index contributed by atoms with van der Waals surface area (Å²) in [7, 11) is 0. The second-order valence-electron chi connectivity index (χ2n) is 6.95. The molecule has 0 aromatic heterocycles. The molecule has 1 saturated heterocycles. The van der Waals surface area contributed by atoms with Gasteiger partial charge in [0.25, 0.3) is 0 Å². The van der Waals surface area contributed by atoms with Crippen LogP contribution in [0.15, 0.2) is 0 Å². The third-order valence-corrected chi connectivity index (χ3v) is 5.42. The van der Waals surface area contributed by atoms with Crippen LogP contribution in [0.2, 0.25) is 0 Å². The SMILES string of the molecule is CCC(CC)C(=O)N1CCC(NC(=O)C2(N)CCCC2)CC1.Cl. The smallest absolute Gasteiger partial charge is 0.240 e. The highest BCUT2D eigenvalue weighted by atomic mass is 35.5. The Kier molecular flexibility index (Phi) is 7.81. The molecule has 2 aliphatic rings. The van der Waals surface area contributed by atoms with Gasteiger partial charge in [0.2, 0.25) is 11.8 Å². The molecule has 5 nitrogen and oxygen atoms in total. The van der Waals surface area contributed by atoms with Crippen LogP contribution in [-0.4, -0.2) is 41.4 Å². The maximum Gasteiger partial charge on any atom is 0.240 e. The third kappa shape index (κ3) is 4.83. The van der Waals surface area contributed by atoms with Crippen molar-refractivity contribution in [1.82, 2.24) is 10.2 Å². The molecule has 2 fully saturated rings. The molecule has 0 bridgehead atoms. The van der Waals surface area contributed by atoms with E-state index in [1.807, 2.05) is 4.90 Å². The van der Waals surface area contributed by atoms with Crippen LogP contribution in [0.4, 0.5) is 0 Å². The fourth-order valence-corrected chi connectivity index (χ4v) is 3.70. The summed E-state index contributed by atoms with van der Waals surface area (Å²) in [4.78, 5) is 26.7. The highest BCUT2D eigenvalue weighted by molar-refractivity contribution is 5.86. The summed E-state index contributed by atoms with van der Waals surface area (Å²) in [5, 5.41) is 3.12. The Morgan fingerprint density at radius 3 is 2.17 bits per heavy atom. The zero-order chi connectivity index (χ0) is 16.2. The minimum atomic E-state index is -0.650. The van der Waals surface area contributed by atoms with Gasteiger partial charge >= 0.3 is 0 Å². The Balaban J connectivity index is 0.00000264. The van der Waals surface area contributed by atoms with Crippen LogP contribution < -0.4 is 11.1 Å². The van der Waals surface area contributed by atoms with E-state index in [4.69, 9.17) is 5.73 Å². The number of nitrogens with zero attached hydrogens (tertiary/aromatic N) is 1. The number of carbonyl (C=O) groups excluding carboxylic acids is 2. The fourth-order valence-electron chi connectivity index (χ4n) is 3.70. The van der Waals surface area contributed by atoms with Crippen molar-refractivity contribution < 1.29 is 9.59 Å². The molecule has 0 aromatic rings. The first-order valence-electron chi connectivity index (χ1n) is 8.88. The minimum absolute atomic E-state index is 0. The molecule has 134 valence electrons. The maximum atomic E-state index is 12.4. The zero-order valence-corrected chi connectivity index (χ0v) is 15.3. The molecule has 0 atom stereocenters. The largest absolute Gasteiger partial charge is 0.352 e. The Morgan fingerprint density at radius 1 is 1.17 bits per heavy atom. The molecule has 1 aliphatic heterocycles. The lowest BCUT2D eigenvalue weighted by Gasteiger charge is -2.35. The topological polar surface area (TPSA) is 75.4 Å². The van der Waals surface area contributed by atoms with Gasteiger partial charge in [0, 0.05) is 25.0 Å². The summed E-state index contributed by atoms with van der Waals surface area (Å²) in [5.41, 5.74) is 5.54. The number of nitrogens with one attached hydrogen (secondary N) is 1. The quantitative estimate of drug-likeness (QED) is 0.802. The van der Waals surface area contributed by atoms with E-state index >= 15 is 0 Å². The van der Waals surface area contributed by atoms with Gasteiger partial charge in [-0.1, -0.05) is 26.7 Å². The standard InChI is InChI=1S/C17H31N3O2.ClH/c1-3-13(4-2)15(21)20-11-7-14(8-12-20)19-16(22)17(18)9-5-6-10-17;/h13-14H,3-12,18H2,1-2H3,(H,19,22);1H. The van der Waals surface area contributed by atoms with E-state index in [0.717, 1.165) is 64.5 Å². The van der Waals surface area contributed by atoms with Crippen LogP contribution in [0.3, 0.4) is 0 Å². The van der Waals surface area contributed by atoms with E-state index in [0.29, 0.717) is 0 Å². The molecule has 23 heavy (non-hydrogen) atoms. The Bertz CT molecular complexity index is 399. The number of nitrogens with two attached hydrogens (primary N) is 1. The molecule has 0 unspecified atom stereocenters. The van der Waals surface area contributed by atoms with E-state index in [9.17, 15) is 9.59 Å². The van der Waals surface area contributed by atoms with E-state index in [-0.39, 0.29) is 36.2 Å². The number of carbonyl (C=O) groups is 2. The van der Waals surface area contributed by atoms with Crippen molar-refractivity contribution in [3.63, 3.8) is 0 Å². The Morgan fingerprint density at radius 2 is 1.70 bits per heavy atom. The molecule has 6 heteroatoms. The van der Waals surface area contributed by atoms with Crippen LogP contribution in [0.25, 0.3) is 0 Å². The molecule has 0 aromatic carbocycles. The van der Waals surface area contributed by atoms with Crippen molar-refractivity contribution in [1.29, 1.82) is 0 Å². The highest BCUT2D eigenvalue weighted by Crippen LogP contribution is 2.28. The summed E-state index contributed by atoms with van der Waals surface area (Å²) in [6.45, 7) is 5.64. The van der Waals surface area contributed by atoms with Gasteiger partial charge in [-0.15, -0.1) is 12.4 Å². The van der Waals surface area contributed by atoms with Gasteiger partial charge in [-0.05, 0) is 38.5 Å². The van der Waals surface area contributed by atoms with Crippen molar-refractivity contribution in [3.8, 4) is 0 Å². The summed E-state index contributed by atoms with van der Waals surface area (Å²) in [6.07, 6.45) is 7.18. The van der Waals surface area contributed by atoms with Crippen LogP contribution >= 0.6 is 12.4 Å². The first-order valence-corrected chi connectivity index (χ1v) is 8.88. The van der Waals surface area contributed by atoms with Gasteiger partial charge in [0.05, 0.1) is 5.54 Å². The fraction of sp³-hybridized carbons (Fsp3) is 0.882. The van der Waals surface area contributed by atoms with E-state index in [1.54, 1.807) is 0 Å². The molecule has 1 heterocycles. The summed E-state index contributed by atoms with van der Waals surface area (Å²) in [6, 6.07) is 0.166. The van der Waals surface area contributed by atoms with Crippen LogP contribution in [0.1, 0.15) is 65.2 Å². The summed E-state index contributed by atoms with van der Waals surface area (Å²) in [5.74, 6) is 0.438. The van der Waals surface area contributed by atoms with Crippen molar-refractivity contribution in [2.75, 3.05) is 13.1 Å². The predicted octanol–water partition coefficient (Wildman–Crippen LogP) is 2.22. The van der Waals surface area contributed by atoms with Crippen LogP contribution in [0, 0.1) is 5.92 Å². The van der Waals surface area contributed by atoms with Crippen LogP contribution in [-0.2, 0) is 9.59 Å². The van der Waals surface area contributed by atoms with Crippen molar-refractivity contribution in [2.45, 2.75) is 76.8 Å². The van der Waals surface area contributed by atoms with Gasteiger partial charge in [-0.2, -0.15) is 0 Å². The monoisotopic (exact) mass is 345 g/mol. The van der Waals surface area contributed by atoms with Gasteiger partial charge in [0.15, 0.2) is 0 Å². The first kappa shape index (κ1) is 20.2. The van der Waals surface area contributed by atoms with E-state index in [1.165, 1.54) is 0 Å². The van der Waals surface area contributed by atoms with Gasteiger partial charge in [-0.25, -0.2) is 0 Å². The molecule has 1 aliphatic carbocycles. The van der Waals surface area contributed by atoms with E-state index in [2.05, 4.69) is 19.2 Å². The molecule has 0 spiro atoms. The summed E-state index contributed by atoms with van der Waals surface area (Å²) < 4.78 is 0. The predicted molar refractivity (Wildman–Crippen MR) is 94.5 cm³/mol. The zero-order valence-electron chi connectivity index (χ0n) is 14.5. The van der Waals surface area contributed by atoms with Crippen molar-refractivity contribution >= 4 is 24.2 Å². The Hall–Kier alpha value is -0.810. The highest BCUT2D eigenvalue weighted by Gasteiger charge is 2.38. The molecule has 2 rings (SSSR count). The number of hydrogen-bond acceptors (Lipinski definition) is 3. The lowest BCUT2D eigenvalue weighted by Crippen LogP contribution is -2.56. The second-order valence-corrected chi connectivity index (χ2v) is 6.95. The maximum absolute atomic E-state index is 12.4. The minimum Gasteiger partial charge on any atom is -0.352 e. The van der Waals surface area contributed by atoms with Gasteiger partial charge < -0.3 is 16.0 Å². The number of piperidine rings is 1. The Labute approximate surface area is 146 Å². The normalized spacial score (nSPS) is 21.1.